The van der Waals surface area contributed by atoms with Gasteiger partial charge in [0.05, 0.1) is 42.5 Å². The van der Waals surface area contributed by atoms with Crippen LogP contribution in [-0.4, -0.2) is 62.6 Å². The number of ether oxygens (including phenoxy) is 3. The van der Waals surface area contributed by atoms with Crippen LogP contribution in [0.25, 0.3) is 0 Å². The number of nitrogens with one attached hydrogen (secondary N) is 1. The first-order valence-corrected chi connectivity index (χ1v) is 11.1. The quantitative estimate of drug-likeness (QED) is 0.340. The Labute approximate surface area is 197 Å². The second-order valence-corrected chi connectivity index (χ2v) is 8.11. The third-order valence-corrected chi connectivity index (χ3v) is 5.87. The molecule has 0 bridgehead atoms. The first-order valence-electron chi connectivity index (χ1n) is 11.1. The number of methoxy groups -OCH3 is 1. The predicted molar refractivity (Wildman–Crippen MR) is 122 cm³/mol. The van der Waals surface area contributed by atoms with Gasteiger partial charge in [-0.3, -0.25) is 14.4 Å². The molecule has 178 valence electrons. The number of Topliss-reactive ketones (excluding diaryl/α,β-unsaturated/α-hetero) is 1. The third-order valence-electron chi connectivity index (χ3n) is 5.87. The number of carbonyl (C=O) groups is 4. The number of imide groups is 1. The molecule has 0 aromatic heterocycles. The number of anilines is 1. The first-order chi connectivity index (χ1) is 16.5. The lowest BCUT2D eigenvalue weighted by Crippen LogP contribution is -2.41. The monoisotopic (exact) mass is 466 g/mol. The molecule has 9 heteroatoms. The summed E-state index contributed by atoms with van der Waals surface area (Å²) in [6.45, 7) is 0.803. The number of esters is 1. The van der Waals surface area contributed by atoms with E-state index >= 15 is 0 Å². The highest BCUT2D eigenvalue weighted by molar-refractivity contribution is 6.22. The Morgan fingerprint density at radius 2 is 1.88 bits per heavy atom. The standard InChI is InChI=1S/C25H26N2O7/c1-32-22-7-3-2-6-19(22)21(28)15-34-25(31)16-8-10-17(11-9-16)27-23(29)13-20(24(27)30)26-14-18-5-4-12-33-18/h2-3,6-11,18,20,26H,4-5,12-15H2,1H3. The molecule has 0 radical (unpaired) electrons. The molecule has 2 unspecified atom stereocenters. The van der Waals surface area contributed by atoms with Gasteiger partial charge in [-0.15, -0.1) is 0 Å². The maximum atomic E-state index is 12.8. The summed E-state index contributed by atoms with van der Waals surface area (Å²) in [5, 5.41) is 3.13. The molecular weight excluding hydrogens is 440 g/mol. The lowest BCUT2D eigenvalue weighted by molar-refractivity contribution is -0.121. The lowest BCUT2D eigenvalue weighted by atomic mass is 10.1. The molecule has 2 fully saturated rings. The number of carbonyl (C=O) groups excluding carboxylic acids is 4. The van der Waals surface area contributed by atoms with Gasteiger partial charge in [-0.1, -0.05) is 12.1 Å². The van der Waals surface area contributed by atoms with Crippen molar-refractivity contribution >= 4 is 29.3 Å². The largest absolute Gasteiger partial charge is 0.496 e. The number of para-hydroxylation sites is 1. The Morgan fingerprint density at radius 3 is 2.59 bits per heavy atom. The Kier molecular flexibility index (Phi) is 7.34. The van der Waals surface area contributed by atoms with Crippen LogP contribution in [0.5, 0.6) is 5.75 Å². The molecule has 34 heavy (non-hydrogen) atoms. The molecule has 2 aromatic carbocycles. The zero-order valence-electron chi connectivity index (χ0n) is 18.8. The second kappa shape index (κ2) is 10.6. The van der Waals surface area contributed by atoms with Crippen LogP contribution in [0.4, 0.5) is 5.69 Å². The summed E-state index contributed by atoms with van der Waals surface area (Å²) in [4.78, 5) is 51.1. The Hall–Kier alpha value is -3.56. The van der Waals surface area contributed by atoms with E-state index in [0.717, 1.165) is 24.3 Å². The van der Waals surface area contributed by atoms with E-state index in [-0.39, 0.29) is 29.9 Å². The fraction of sp³-hybridized carbons (Fsp3) is 0.360. The fourth-order valence-electron chi connectivity index (χ4n) is 4.06. The van der Waals surface area contributed by atoms with E-state index in [9.17, 15) is 19.2 Å². The van der Waals surface area contributed by atoms with Crippen molar-refractivity contribution in [3.63, 3.8) is 0 Å². The minimum atomic E-state index is -0.690. The number of benzene rings is 2. The van der Waals surface area contributed by atoms with Gasteiger partial charge in [0.1, 0.15) is 5.75 Å². The van der Waals surface area contributed by atoms with Crippen molar-refractivity contribution < 1.29 is 33.4 Å². The molecular formula is C25H26N2O7. The topological polar surface area (TPSA) is 111 Å². The number of amides is 2. The number of nitrogens with zero attached hydrogens (tertiary/aromatic N) is 1. The maximum Gasteiger partial charge on any atom is 0.338 e. The summed E-state index contributed by atoms with van der Waals surface area (Å²) in [7, 11) is 1.46. The SMILES string of the molecule is COc1ccccc1C(=O)COC(=O)c1ccc(N2C(=O)CC(NCC3CCCO3)C2=O)cc1. The molecule has 2 heterocycles. The molecule has 2 atom stereocenters. The van der Waals surface area contributed by atoms with Gasteiger partial charge >= 0.3 is 5.97 Å². The van der Waals surface area contributed by atoms with E-state index in [4.69, 9.17) is 14.2 Å². The zero-order chi connectivity index (χ0) is 24.1. The molecule has 2 amide bonds. The average molecular weight is 466 g/mol. The lowest BCUT2D eigenvalue weighted by Gasteiger charge is -2.17. The predicted octanol–water partition coefficient (Wildman–Crippen LogP) is 2.14. The van der Waals surface area contributed by atoms with Crippen molar-refractivity contribution in [1.82, 2.24) is 5.32 Å². The van der Waals surface area contributed by atoms with E-state index in [1.54, 1.807) is 24.3 Å². The van der Waals surface area contributed by atoms with Gasteiger partial charge < -0.3 is 19.5 Å². The van der Waals surface area contributed by atoms with Crippen LogP contribution in [0.15, 0.2) is 48.5 Å². The number of hydrogen-bond acceptors (Lipinski definition) is 8. The van der Waals surface area contributed by atoms with Crippen LogP contribution in [-0.2, 0) is 19.1 Å². The van der Waals surface area contributed by atoms with Crippen LogP contribution >= 0.6 is 0 Å². The summed E-state index contributed by atoms with van der Waals surface area (Å²) in [5.74, 6) is -1.33. The van der Waals surface area contributed by atoms with E-state index in [0.29, 0.717) is 23.5 Å². The van der Waals surface area contributed by atoms with Gasteiger partial charge in [-0.05, 0) is 49.2 Å². The number of rotatable bonds is 9. The number of ketones is 1. The van der Waals surface area contributed by atoms with Gasteiger partial charge in [0.15, 0.2) is 6.61 Å². The molecule has 2 saturated heterocycles. The van der Waals surface area contributed by atoms with E-state index in [1.165, 1.54) is 31.4 Å². The summed E-state index contributed by atoms with van der Waals surface area (Å²) in [6.07, 6.45) is 2.07. The van der Waals surface area contributed by atoms with Crippen molar-refractivity contribution in [3.8, 4) is 5.75 Å². The van der Waals surface area contributed by atoms with Gasteiger partial charge in [0.2, 0.25) is 11.7 Å². The van der Waals surface area contributed by atoms with E-state index in [2.05, 4.69) is 5.32 Å². The van der Waals surface area contributed by atoms with Crippen molar-refractivity contribution in [2.45, 2.75) is 31.4 Å². The molecule has 0 spiro atoms. The minimum Gasteiger partial charge on any atom is -0.496 e. The number of hydrogen-bond donors (Lipinski definition) is 1. The molecule has 0 aliphatic carbocycles. The molecule has 0 saturated carbocycles. The Bertz CT molecular complexity index is 1080. The summed E-state index contributed by atoms with van der Waals surface area (Å²) >= 11 is 0. The molecule has 2 aromatic rings. The normalized spacial score (nSPS) is 20.0. The van der Waals surface area contributed by atoms with Crippen LogP contribution < -0.4 is 15.0 Å². The molecule has 2 aliphatic heterocycles. The highest BCUT2D eigenvalue weighted by Gasteiger charge is 2.39. The maximum absolute atomic E-state index is 12.8. The van der Waals surface area contributed by atoms with E-state index in [1.807, 2.05) is 0 Å². The summed E-state index contributed by atoms with van der Waals surface area (Å²) in [5.41, 5.74) is 0.892. The molecule has 4 rings (SSSR count). The third kappa shape index (κ3) is 5.16. The van der Waals surface area contributed by atoms with Gasteiger partial charge in [0, 0.05) is 13.2 Å². The molecule has 9 nitrogen and oxygen atoms in total. The van der Waals surface area contributed by atoms with Crippen LogP contribution in [0, 0.1) is 0 Å². The Morgan fingerprint density at radius 1 is 1.12 bits per heavy atom. The van der Waals surface area contributed by atoms with Crippen molar-refractivity contribution in [2.75, 3.05) is 31.8 Å². The molecule has 2 aliphatic rings. The second-order valence-electron chi connectivity index (χ2n) is 8.11. The molecule has 1 N–H and O–H groups in total. The van der Waals surface area contributed by atoms with Crippen LogP contribution in [0.1, 0.15) is 40.0 Å². The van der Waals surface area contributed by atoms with Crippen molar-refractivity contribution in [2.24, 2.45) is 0 Å². The van der Waals surface area contributed by atoms with Gasteiger partial charge in [-0.2, -0.15) is 0 Å². The van der Waals surface area contributed by atoms with Crippen molar-refractivity contribution in [1.29, 1.82) is 0 Å². The van der Waals surface area contributed by atoms with Crippen molar-refractivity contribution in [3.05, 3.63) is 59.7 Å². The average Bonchev–Trinajstić information content (AvgIpc) is 3.48. The minimum absolute atomic E-state index is 0.0668. The van der Waals surface area contributed by atoms with E-state index < -0.39 is 24.4 Å². The van der Waals surface area contributed by atoms with Gasteiger partial charge in [-0.25, -0.2) is 9.69 Å². The van der Waals surface area contributed by atoms with Crippen LogP contribution in [0.3, 0.4) is 0 Å². The zero-order valence-corrected chi connectivity index (χ0v) is 18.8. The fourth-order valence-corrected chi connectivity index (χ4v) is 4.06. The first kappa shape index (κ1) is 23.6. The highest BCUT2D eigenvalue weighted by atomic mass is 16.5. The summed E-state index contributed by atoms with van der Waals surface area (Å²) in [6, 6.07) is 12.0. The summed E-state index contributed by atoms with van der Waals surface area (Å²) < 4.78 is 15.8. The van der Waals surface area contributed by atoms with Gasteiger partial charge in [0.25, 0.3) is 5.91 Å². The van der Waals surface area contributed by atoms with Crippen LogP contribution in [0.2, 0.25) is 0 Å². The Balaban J connectivity index is 1.34. The highest BCUT2D eigenvalue weighted by Crippen LogP contribution is 2.24. The smallest absolute Gasteiger partial charge is 0.338 e.